The van der Waals surface area contributed by atoms with E-state index in [0.717, 1.165) is 35.0 Å². The third-order valence-corrected chi connectivity index (χ3v) is 6.55. The molecule has 0 unspecified atom stereocenters. The molecule has 1 amide bonds. The second kappa shape index (κ2) is 11.2. The fourth-order valence-electron chi connectivity index (χ4n) is 4.85. The molecule has 1 saturated carbocycles. The molecule has 1 heterocycles. The number of esters is 1. The van der Waals surface area contributed by atoms with Crippen LogP contribution in [0, 0.1) is 6.92 Å². The van der Waals surface area contributed by atoms with E-state index in [9.17, 15) is 9.59 Å². The van der Waals surface area contributed by atoms with Crippen LogP contribution >= 0.6 is 0 Å². The Morgan fingerprint density at radius 2 is 1.83 bits per heavy atom. The fraction of sp³-hybridized carbons (Fsp3) is 0.393. The van der Waals surface area contributed by atoms with Crippen LogP contribution in [0.3, 0.4) is 0 Å². The number of hydrogen-bond donors (Lipinski definition) is 1. The second-order valence-corrected chi connectivity index (χ2v) is 8.91. The number of carbonyl (C=O) groups is 2. The number of aromatic nitrogens is 1. The van der Waals surface area contributed by atoms with E-state index in [2.05, 4.69) is 15.1 Å². The van der Waals surface area contributed by atoms with Crippen LogP contribution in [0.4, 0.5) is 0 Å². The first kappa shape index (κ1) is 24.5. The van der Waals surface area contributed by atoms with Gasteiger partial charge in [-0.1, -0.05) is 49.6 Å². The minimum atomic E-state index is -0.359. The third-order valence-electron chi connectivity index (χ3n) is 6.55. The number of ether oxygens (including phenoxy) is 2. The molecule has 1 aromatic heterocycles. The molecule has 35 heavy (non-hydrogen) atoms. The van der Waals surface area contributed by atoms with Gasteiger partial charge in [-0.05, 0) is 57.4 Å². The number of amides is 1. The highest BCUT2D eigenvalue weighted by atomic mass is 16.5. The highest BCUT2D eigenvalue weighted by molar-refractivity contribution is 6.06. The van der Waals surface area contributed by atoms with Crippen molar-refractivity contribution in [3.8, 4) is 5.75 Å². The first-order valence-electron chi connectivity index (χ1n) is 12.3. The second-order valence-electron chi connectivity index (χ2n) is 8.91. The van der Waals surface area contributed by atoms with Crippen LogP contribution in [-0.4, -0.2) is 35.4 Å². The Bertz CT molecular complexity index is 1220. The largest absolute Gasteiger partial charge is 0.484 e. The van der Waals surface area contributed by atoms with Gasteiger partial charge in [-0.15, -0.1) is 0 Å². The average molecular weight is 476 g/mol. The van der Waals surface area contributed by atoms with Gasteiger partial charge in [-0.3, -0.25) is 4.79 Å². The van der Waals surface area contributed by atoms with E-state index in [1.807, 2.05) is 69.3 Å². The number of rotatable bonds is 8. The smallest absolute Gasteiger partial charge is 0.340 e. The summed E-state index contributed by atoms with van der Waals surface area (Å²) in [4.78, 5) is 25.2. The van der Waals surface area contributed by atoms with Gasteiger partial charge in [0.05, 0.1) is 17.9 Å². The van der Waals surface area contributed by atoms with E-state index in [0.29, 0.717) is 29.7 Å². The van der Waals surface area contributed by atoms with E-state index in [4.69, 9.17) is 9.47 Å². The van der Waals surface area contributed by atoms with Crippen LogP contribution in [0.15, 0.2) is 53.6 Å². The average Bonchev–Trinajstić information content (AvgIpc) is 3.18. The summed E-state index contributed by atoms with van der Waals surface area (Å²) in [7, 11) is 0. The number of nitrogens with zero attached hydrogens (tertiary/aromatic N) is 2. The molecule has 184 valence electrons. The van der Waals surface area contributed by atoms with E-state index in [1.165, 1.54) is 19.3 Å². The maximum Gasteiger partial charge on any atom is 0.340 e. The first-order chi connectivity index (χ1) is 17.0. The van der Waals surface area contributed by atoms with Crippen molar-refractivity contribution >= 4 is 28.5 Å². The molecular weight excluding hydrogens is 442 g/mol. The van der Waals surface area contributed by atoms with Gasteiger partial charge in [-0.25, -0.2) is 10.2 Å². The van der Waals surface area contributed by atoms with Crippen molar-refractivity contribution in [3.63, 3.8) is 0 Å². The van der Waals surface area contributed by atoms with E-state index in [1.54, 1.807) is 0 Å². The lowest BCUT2D eigenvalue weighted by Gasteiger charge is -2.26. The quantitative estimate of drug-likeness (QED) is 0.263. The van der Waals surface area contributed by atoms with Crippen molar-refractivity contribution in [1.29, 1.82) is 0 Å². The summed E-state index contributed by atoms with van der Waals surface area (Å²) in [6, 6.07) is 15.7. The Morgan fingerprint density at radius 1 is 1.09 bits per heavy atom. The normalized spacial score (nSPS) is 14.7. The van der Waals surface area contributed by atoms with Gasteiger partial charge in [0.15, 0.2) is 6.61 Å². The standard InChI is InChI=1S/C28H33N3O4/c1-4-34-28(33)27-20(3)31(22-13-9-6-10-14-22)25-16-15-23(17-24(25)27)35-18-26(32)30-29-19(2)21-11-7-5-8-12-21/h5,7-8,11-12,15-17,22H,4,6,9-10,13-14,18H2,1-3H3,(H,30,32)/b29-19-. The third kappa shape index (κ3) is 5.56. The molecule has 1 aliphatic carbocycles. The maximum absolute atomic E-state index is 12.9. The molecule has 0 atom stereocenters. The van der Waals surface area contributed by atoms with Crippen LogP contribution in [0.1, 0.15) is 73.6 Å². The lowest BCUT2D eigenvalue weighted by molar-refractivity contribution is -0.123. The number of fused-ring (bicyclic) bond motifs is 1. The molecule has 1 fully saturated rings. The van der Waals surface area contributed by atoms with E-state index in [-0.39, 0.29) is 18.5 Å². The molecule has 0 saturated heterocycles. The summed E-state index contributed by atoms with van der Waals surface area (Å²) in [6.45, 7) is 5.76. The lowest BCUT2D eigenvalue weighted by Crippen LogP contribution is -2.25. The monoisotopic (exact) mass is 475 g/mol. The molecule has 2 aromatic carbocycles. The summed E-state index contributed by atoms with van der Waals surface area (Å²) >= 11 is 0. The minimum absolute atomic E-state index is 0.186. The van der Waals surface area contributed by atoms with Gasteiger partial charge >= 0.3 is 5.97 Å². The number of carbonyl (C=O) groups excluding carboxylic acids is 2. The Hall–Kier alpha value is -3.61. The number of nitrogens with one attached hydrogen (secondary N) is 1. The molecule has 7 nitrogen and oxygen atoms in total. The topological polar surface area (TPSA) is 81.9 Å². The predicted molar refractivity (Wildman–Crippen MR) is 137 cm³/mol. The molecule has 0 bridgehead atoms. The molecule has 0 spiro atoms. The Labute approximate surface area is 206 Å². The zero-order chi connectivity index (χ0) is 24.8. The minimum Gasteiger partial charge on any atom is -0.484 e. The molecule has 7 heteroatoms. The number of hydrazone groups is 1. The highest BCUT2D eigenvalue weighted by Crippen LogP contribution is 2.37. The van der Waals surface area contributed by atoms with Crippen LogP contribution in [0.5, 0.6) is 5.75 Å². The molecule has 1 aliphatic rings. The van der Waals surface area contributed by atoms with Gasteiger partial charge in [0.2, 0.25) is 0 Å². The maximum atomic E-state index is 12.9. The van der Waals surface area contributed by atoms with Crippen LogP contribution in [0.2, 0.25) is 0 Å². The van der Waals surface area contributed by atoms with Gasteiger partial charge in [0.25, 0.3) is 5.91 Å². The van der Waals surface area contributed by atoms with E-state index >= 15 is 0 Å². The summed E-state index contributed by atoms with van der Waals surface area (Å²) < 4.78 is 13.4. The van der Waals surface area contributed by atoms with Crippen molar-refractivity contribution in [2.45, 2.75) is 58.9 Å². The van der Waals surface area contributed by atoms with Crippen LogP contribution in [0.25, 0.3) is 10.9 Å². The Balaban J connectivity index is 1.53. The lowest BCUT2D eigenvalue weighted by atomic mass is 9.95. The molecular formula is C28H33N3O4. The fourth-order valence-corrected chi connectivity index (χ4v) is 4.85. The van der Waals surface area contributed by atoms with Gasteiger partial charge in [0.1, 0.15) is 5.75 Å². The van der Waals surface area contributed by atoms with Crippen molar-refractivity contribution in [2.75, 3.05) is 13.2 Å². The molecule has 1 N–H and O–H groups in total. The molecule has 4 rings (SSSR count). The van der Waals surface area contributed by atoms with Crippen LogP contribution in [-0.2, 0) is 9.53 Å². The van der Waals surface area contributed by atoms with Gasteiger partial charge in [-0.2, -0.15) is 5.10 Å². The van der Waals surface area contributed by atoms with Crippen molar-refractivity contribution in [3.05, 3.63) is 65.4 Å². The number of benzene rings is 2. The highest BCUT2D eigenvalue weighted by Gasteiger charge is 2.26. The predicted octanol–water partition coefficient (Wildman–Crippen LogP) is 5.55. The van der Waals surface area contributed by atoms with Crippen LogP contribution < -0.4 is 10.2 Å². The van der Waals surface area contributed by atoms with Crippen molar-refractivity contribution < 1.29 is 19.1 Å². The van der Waals surface area contributed by atoms with Crippen molar-refractivity contribution in [2.24, 2.45) is 5.10 Å². The van der Waals surface area contributed by atoms with Gasteiger partial charge < -0.3 is 14.0 Å². The SMILES string of the molecule is CCOC(=O)c1c(C)n(C2CCCCC2)c2ccc(OCC(=O)N/N=C(/C)c3ccccc3)cc12. The van der Waals surface area contributed by atoms with E-state index < -0.39 is 0 Å². The Morgan fingerprint density at radius 3 is 2.54 bits per heavy atom. The summed E-state index contributed by atoms with van der Waals surface area (Å²) in [5, 5.41) is 4.95. The zero-order valence-electron chi connectivity index (χ0n) is 20.7. The number of hydrogen-bond acceptors (Lipinski definition) is 5. The first-order valence-corrected chi connectivity index (χ1v) is 12.3. The molecule has 0 radical (unpaired) electrons. The molecule has 0 aliphatic heterocycles. The van der Waals surface area contributed by atoms with Crippen molar-refractivity contribution in [1.82, 2.24) is 9.99 Å². The summed E-state index contributed by atoms with van der Waals surface area (Å²) in [6.07, 6.45) is 5.86. The van der Waals surface area contributed by atoms with Gasteiger partial charge in [0, 0.05) is 22.6 Å². The summed E-state index contributed by atoms with van der Waals surface area (Å²) in [5.41, 5.74) is 6.67. The Kier molecular flexibility index (Phi) is 7.85. The summed E-state index contributed by atoms with van der Waals surface area (Å²) in [5.74, 6) is -0.171. The molecule has 3 aromatic rings. The zero-order valence-corrected chi connectivity index (χ0v) is 20.7.